The second-order valence-corrected chi connectivity index (χ2v) is 5.72. The predicted molar refractivity (Wildman–Crippen MR) is 90.0 cm³/mol. The summed E-state index contributed by atoms with van der Waals surface area (Å²) >= 11 is 0. The van der Waals surface area contributed by atoms with E-state index >= 15 is 0 Å². The Balaban J connectivity index is 1.92. The van der Waals surface area contributed by atoms with E-state index in [1.807, 2.05) is 0 Å². The van der Waals surface area contributed by atoms with E-state index in [1.165, 1.54) is 24.3 Å². The van der Waals surface area contributed by atoms with Crippen molar-refractivity contribution < 1.29 is 23.4 Å². The Kier molecular flexibility index (Phi) is 4.81. The van der Waals surface area contributed by atoms with Crippen LogP contribution in [0.3, 0.4) is 0 Å². The zero-order valence-corrected chi connectivity index (χ0v) is 13.6. The Morgan fingerprint density at radius 3 is 2.80 bits per heavy atom. The lowest BCUT2D eigenvalue weighted by Crippen LogP contribution is -2.08. The maximum absolute atomic E-state index is 13.6. The Morgan fingerprint density at radius 2 is 2.04 bits per heavy atom. The number of halogens is 2. The van der Waals surface area contributed by atoms with Gasteiger partial charge in [0.2, 0.25) is 0 Å². The van der Waals surface area contributed by atoms with Gasteiger partial charge in [-0.3, -0.25) is 4.79 Å². The van der Waals surface area contributed by atoms with Crippen LogP contribution in [0.4, 0.5) is 8.78 Å². The van der Waals surface area contributed by atoms with Crippen molar-refractivity contribution in [2.24, 2.45) is 0 Å². The molecule has 6 heteroatoms. The number of aromatic amines is 1. The molecular formula is C19H17F2NO3. The Bertz CT molecular complexity index is 934. The fraction of sp³-hybridized carbons (Fsp3) is 0.211. The van der Waals surface area contributed by atoms with E-state index in [0.717, 1.165) is 0 Å². The van der Waals surface area contributed by atoms with Gasteiger partial charge in [0.25, 0.3) is 0 Å². The number of carbonyl (C=O) groups is 1. The molecule has 0 fully saturated rings. The van der Waals surface area contributed by atoms with E-state index in [9.17, 15) is 13.6 Å². The number of H-pyrrole nitrogens is 1. The number of ketones is 1. The highest BCUT2D eigenvalue weighted by molar-refractivity contribution is 6.09. The van der Waals surface area contributed by atoms with Crippen molar-refractivity contribution in [1.29, 1.82) is 0 Å². The summed E-state index contributed by atoms with van der Waals surface area (Å²) in [7, 11) is 0. The molecule has 0 radical (unpaired) electrons. The Morgan fingerprint density at radius 1 is 1.24 bits per heavy atom. The summed E-state index contributed by atoms with van der Waals surface area (Å²) in [5.41, 5.74) is 1.99. The molecule has 0 spiro atoms. The first-order valence-electron chi connectivity index (χ1n) is 7.82. The topological polar surface area (TPSA) is 62.3 Å². The molecule has 2 N–H and O–H groups in total. The predicted octanol–water partition coefficient (Wildman–Crippen LogP) is 3.55. The monoisotopic (exact) mass is 345 g/mol. The van der Waals surface area contributed by atoms with E-state index in [4.69, 9.17) is 9.84 Å². The van der Waals surface area contributed by atoms with Crippen molar-refractivity contribution >= 4 is 16.7 Å². The zero-order chi connectivity index (χ0) is 18.0. The molecule has 0 aliphatic rings. The number of aliphatic hydroxyl groups is 1. The minimum atomic E-state index is -0.484. The number of aliphatic hydroxyl groups excluding tert-OH is 1. The third-order valence-corrected chi connectivity index (χ3v) is 4.08. The van der Waals surface area contributed by atoms with Crippen molar-refractivity contribution in [2.45, 2.75) is 13.3 Å². The van der Waals surface area contributed by atoms with E-state index in [0.29, 0.717) is 27.6 Å². The first-order chi connectivity index (χ1) is 12.0. The van der Waals surface area contributed by atoms with Crippen LogP contribution in [0.5, 0.6) is 5.75 Å². The second kappa shape index (κ2) is 7.03. The molecule has 1 aromatic heterocycles. The summed E-state index contributed by atoms with van der Waals surface area (Å²) in [4.78, 5) is 15.6. The third kappa shape index (κ3) is 3.39. The summed E-state index contributed by atoms with van der Waals surface area (Å²) in [6, 6.07) is 6.82. The number of rotatable bonds is 6. The summed E-state index contributed by atoms with van der Waals surface area (Å²) < 4.78 is 32.4. The molecule has 0 saturated heterocycles. The summed E-state index contributed by atoms with van der Waals surface area (Å²) in [5, 5.41) is 9.51. The molecule has 0 aliphatic carbocycles. The van der Waals surface area contributed by atoms with Gasteiger partial charge in [-0.15, -0.1) is 0 Å². The molecule has 1 heterocycles. The summed E-state index contributed by atoms with van der Waals surface area (Å²) in [6.07, 6.45) is 1.56. The number of fused-ring (bicyclic) bond motifs is 1. The van der Waals surface area contributed by atoms with Crippen LogP contribution in [-0.2, 0) is 6.42 Å². The van der Waals surface area contributed by atoms with Gasteiger partial charge in [-0.05, 0) is 25.1 Å². The average Bonchev–Trinajstić information content (AvgIpc) is 3.03. The van der Waals surface area contributed by atoms with Crippen molar-refractivity contribution in [1.82, 2.24) is 4.98 Å². The van der Waals surface area contributed by atoms with Crippen LogP contribution in [-0.4, -0.2) is 29.1 Å². The van der Waals surface area contributed by atoms with Crippen molar-refractivity contribution in [3.8, 4) is 5.75 Å². The van der Waals surface area contributed by atoms with Crippen LogP contribution < -0.4 is 4.74 Å². The van der Waals surface area contributed by atoms with Gasteiger partial charge < -0.3 is 14.8 Å². The number of ether oxygens (including phenoxy) is 1. The van der Waals surface area contributed by atoms with E-state index in [1.54, 1.807) is 19.2 Å². The number of carbonyl (C=O) groups excluding carboxylic acids is 1. The van der Waals surface area contributed by atoms with Crippen LogP contribution in [0, 0.1) is 18.6 Å². The van der Waals surface area contributed by atoms with Gasteiger partial charge in [0, 0.05) is 40.8 Å². The molecule has 3 aromatic rings. The van der Waals surface area contributed by atoms with Gasteiger partial charge in [-0.25, -0.2) is 8.78 Å². The second-order valence-electron chi connectivity index (χ2n) is 5.72. The van der Waals surface area contributed by atoms with Gasteiger partial charge in [-0.1, -0.05) is 6.07 Å². The number of hydrogen-bond acceptors (Lipinski definition) is 3. The highest BCUT2D eigenvalue weighted by Gasteiger charge is 2.17. The first kappa shape index (κ1) is 17.1. The van der Waals surface area contributed by atoms with Gasteiger partial charge in [0.1, 0.15) is 24.0 Å². The van der Waals surface area contributed by atoms with Gasteiger partial charge in [0.05, 0.1) is 12.1 Å². The maximum Gasteiger partial charge on any atom is 0.169 e. The Hall–Kier alpha value is -2.73. The normalized spacial score (nSPS) is 11.0. The smallest absolute Gasteiger partial charge is 0.169 e. The molecule has 0 unspecified atom stereocenters. The minimum absolute atomic E-state index is 0.00438. The van der Waals surface area contributed by atoms with E-state index in [-0.39, 0.29) is 37.0 Å². The molecular weight excluding hydrogens is 328 g/mol. The standard InChI is InChI=1S/C19H17F2NO3/c1-11-16(21)5-4-14-15(10-22-19(11)14)17(24)8-12-2-3-13(20)9-18(12)25-7-6-23/h2-5,9-10,22-23H,6-8H2,1H3. The summed E-state index contributed by atoms with van der Waals surface area (Å²) in [5.74, 6) is -0.795. The molecule has 0 bridgehead atoms. The van der Waals surface area contributed by atoms with E-state index < -0.39 is 5.82 Å². The Labute approximate surface area is 143 Å². The molecule has 0 atom stereocenters. The number of hydrogen-bond donors (Lipinski definition) is 2. The quantitative estimate of drug-likeness (QED) is 0.672. The largest absolute Gasteiger partial charge is 0.491 e. The van der Waals surface area contributed by atoms with Crippen LogP contribution >= 0.6 is 0 Å². The number of nitrogens with one attached hydrogen (secondary N) is 1. The fourth-order valence-corrected chi connectivity index (χ4v) is 2.78. The van der Waals surface area contributed by atoms with Gasteiger partial charge >= 0.3 is 0 Å². The number of benzene rings is 2. The maximum atomic E-state index is 13.6. The lowest BCUT2D eigenvalue weighted by Gasteiger charge is -2.10. The molecule has 3 rings (SSSR count). The summed E-state index contributed by atoms with van der Waals surface area (Å²) in [6.45, 7) is 1.44. The lowest BCUT2D eigenvalue weighted by atomic mass is 10.0. The van der Waals surface area contributed by atoms with Crippen molar-refractivity contribution in [2.75, 3.05) is 13.2 Å². The highest BCUT2D eigenvalue weighted by atomic mass is 19.1. The molecule has 25 heavy (non-hydrogen) atoms. The molecule has 2 aromatic carbocycles. The zero-order valence-electron chi connectivity index (χ0n) is 13.6. The SMILES string of the molecule is Cc1c(F)ccc2c(C(=O)Cc3ccc(F)cc3OCCO)c[nH]c12. The van der Waals surface area contributed by atoms with Gasteiger partial charge in [-0.2, -0.15) is 0 Å². The average molecular weight is 345 g/mol. The van der Waals surface area contributed by atoms with Crippen LogP contribution in [0.1, 0.15) is 21.5 Å². The van der Waals surface area contributed by atoms with E-state index in [2.05, 4.69) is 4.98 Å². The number of aryl methyl sites for hydroxylation is 1. The lowest BCUT2D eigenvalue weighted by molar-refractivity contribution is 0.0993. The first-order valence-corrected chi connectivity index (χ1v) is 7.82. The minimum Gasteiger partial charge on any atom is -0.491 e. The molecule has 0 aliphatic heterocycles. The molecule has 4 nitrogen and oxygen atoms in total. The van der Waals surface area contributed by atoms with Gasteiger partial charge in [0.15, 0.2) is 5.78 Å². The van der Waals surface area contributed by atoms with Crippen LogP contribution in [0.25, 0.3) is 10.9 Å². The number of aromatic nitrogens is 1. The van der Waals surface area contributed by atoms with Crippen LogP contribution in [0.2, 0.25) is 0 Å². The third-order valence-electron chi connectivity index (χ3n) is 4.08. The number of Topliss-reactive ketones (excluding diaryl/α,β-unsaturated/α-hetero) is 1. The van der Waals surface area contributed by atoms with Crippen LogP contribution in [0.15, 0.2) is 36.5 Å². The fourth-order valence-electron chi connectivity index (χ4n) is 2.78. The molecule has 0 amide bonds. The highest BCUT2D eigenvalue weighted by Crippen LogP contribution is 2.27. The van der Waals surface area contributed by atoms with Crippen molar-refractivity contribution in [3.63, 3.8) is 0 Å². The molecule has 130 valence electrons. The van der Waals surface area contributed by atoms with Crippen molar-refractivity contribution in [3.05, 3.63) is 64.9 Å². The molecule has 0 saturated carbocycles.